The first kappa shape index (κ1) is 33.6. The molecular weight excluding hydrogens is 701 g/mol. The number of hydrogen-bond acceptors (Lipinski definition) is 1. The van der Waals surface area contributed by atoms with Crippen molar-refractivity contribution in [2.75, 3.05) is 4.90 Å². The topological polar surface area (TPSA) is 8.17 Å². The van der Waals surface area contributed by atoms with Crippen molar-refractivity contribution in [3.05, 3.63) is 231 Å². The smallest absolute Gasteiger partial charge is 0.0541 e. The lowest BCUT2D eigenvalue weighted by Gasteiger charge is -2.26. The molecule has 0 amide bonds. The van der Waals surface area contributed by atoms with Crippen LogP contribution in [0.4, 0.5) is 17.1 Å². The minimum atomic E-state index is 1.09. The summed E-state index contributed by atoms with van der Waals surface area (Å²) in [5, 5.41) is 7.52. The minimum absolute atomic E-state index is 1.09. The molecule has 272 valence electrons. The number of rotatable bonds is 7. The molecule has 0 unspecified atom stereocenters. The SMILES string of the molecule is c1ccc(-c2c3ccccc3c(-c3ccccc3)c3c(-c4cccc(N(c5ccccc5)c5ccc(-n6c7ccccc7c7ccccc76)cc5)c4)cccc23)cc1. The fourth-order valence-electron chi connectivity index (χ4n) is 9.08. The Labute approximate surface area is 338 Å². The van der Waals surface area contributed by atoms with Gasteiger partial charge in [0.1, 0.15) is 0 Å². The van der Waals surface area contributed by atoms with Crippen molar-refractivity contribution in [3.8, 4) is 39.1 Å². The fraction of sp³-hybridized carbons (Fsp3) is 0. The second-order valence-corrected chi connectivity index (χ2v) is 14.9. The van der Waals surface area contributed by atoms with Crippen LogP contribution in [0.5, 0.6) is 0 Å². The van der Waals surface area contributed by atoms with Crippen LogP contribution in [0, 0.1) is 0 Å². The number of aromatic nitrogens is 1. The van der Waals surface area contributed by atoms with Gasteiger partial charge in [-0.3, -0.25) is 0 Å². The second kappa shape index (κ2) is 14.1. The maximum absolute atomic E-state index is 2.38. The third-order valence-corrected chi connectivity index (χ3v) is 11.6. The van der Waals surface area contributed by atoms with Crippen LogP contribution < -0.4 is 4.90 Å². The molecule has 1 heterocycles. The van der Waals surface area contributed by atoms with Crippen molar-refractivity contribution in [2.24, 2.45) is 0 Å². The van der Waals surface area contributed by atoms with E-state index in [0.29, 0.717) is 0 Å². The van der Waals surface area contributed by atoms with Crippen molar-refractivity contribution in [3.63, 3.8) is 0 Å². The monoisotopic (exact) mass is 738 g/mol. The summed E-state index contributed by atoms with van der Waals surface area (Å²) in [4.78, 5) is 2.37. The number of anilines is 3. The standard InChI is InChI=1S/C56H38N2/c1-4-18-39(19-5-1)54-49-28-10-11-29-50(49)55(40-20-6-2-7-21-40)56-46(30-17-31-51(54)56)41-22-16-25-45(38-41)57(42-23-8-3-9-24-42)43-34-36-44(37-35-43)58-52-32-14-12-26-47(52)48-27-13-15-33-53(48)58/h1-38H. The number of fused-ring (bicyclic) bond motifs is 5. The lowest BCUT2D eigenvalue weighted by molar-refractivity contribution is 1.17. The Bertz CT molecular complexity index is 3200. The van der Waals surface area contributed by atoms with E-state index < -0.39 is 0 Å². The Hall–Kier alpha value is -7.68. The van der Waals surface area contributed by atoms with Crippen LogP contribution in [0.3, 0.4) is 0 Å². The average molecular weight is 739 g/mol. The van der Waals surface area contributed by atoms with Crippen LogP contribution in [0.25, 0.3) is 82.4 Å². The Morgan fingerprint density at radius 2 is 0.741 bits per heavy atom. The number of para-hydroxylation sites is 3. The highest BCUT2D eigenvalue weighted by atomic mass is 15.1. The number of benzene rings is 10. The van der Waals surface area contributed by atoms with Gasteiger partial charge in [0.15, 0.2) is 0 Å². The molecule has 2 heteroatoms. The zero-order chi connectivity index (χ0) is 38.4. The molecule has 0 spiro atoms. The quantitative estimate of drug-likeness (QED) is 0.148. The summed E-state index contributed by atoms with van der Waals surface area (Å²) in [5.41, 5.74) is 14.1. The van der Waals surface area contributed by atoms with Gasteiger partial charge < -0.3 is 9.47 Å². The van der Waals surface area contributed by atoms with Crippen LogP contribution in [-0.4, -0.2) is 4.57 Å². The molecule has 0 bridgehead atoms. The Kier molecular flexibility index (Phi) is 8.19. The van der Waals surface area contributed by atoms with Gasteiger partial charge in [0.05, 0.1) is 11.0 Å². The molecule has 0 saturated heterocycles. The van der Waals surface area contributed by atoms with E-state index in [-0.39, 0.29) is 0 Å². The molecule has 2 nitrogen and oxygen atoms in total. The summed E-state index contributed by atoms with van der Waals surface area (Å²) in [6, 6.07) is 83.6. The van der Waals surface area contributed by atoms with E-state index >= 15 is 0 Å². The molecule has 0 aliphatic carbocycles. The summed E-state index contributed by atoms with van der Waals surface area (Å²) in [5.74, 6) is 0. The molecule has 0 saturated carbocycles. The maximum atomic E-state index is 2.38. The summed E-state index contributed by atoms with van der Waals surface area (Å²) < 4.78 is 2.38. The lowest BCUT2D eigenvalue weighted by Crippen LogP contribution is -2.10. The maximum Gasteiger partial charge on any atom is 0.0541 e. The van der Waals surface area contributed by atoms with Crippen molar-refractivity contribution >= 4 is 60.4 Å². The summed E-state index contributed by atoms with van der Waals surface area (Å²) >= 11 is 0. The average Bonchev–Trinajstić information content (AvgIpc) is 3.64. The van der Waals surface area contributed by atoms with Crippen molar-refractivity contribution < 1.29 is 0 Å². The van der Waals surface area contributed by atoms with Gasteiger partial charge >= 0.3 is 0 Å². The van der Waals surface area contributed by atoms with Gasteiger partial charge in [-0.2, -0.15) is 0 Å². The fourth-order valence-corrected chi connectivity index (χ4v) is 9.08. The third kappa shape index (κ3) is 5.57. The highest BCUT2D eigenvalue weighted by Gasteiger charge is 2.21. The molecule has 1 aromatic heterocycles. The van der Waals surface area contributed by atoms with Crippen molar-refractivity contribution in [1.29, 1.82) is 0 Å². The zero-order valence-electron chi connectivity index (χ0n) is 31.8. The van der Waals surface area contributed by atoms with Crippen LogP contribution >= 0.6 is 0 Å². The van der Waals surface area contributed by atoms with E-state index in [1.807, 2.05) is 0 Å². The van der Waals surface area contributed by atoms with Gasteiger partial charge in [-0.15, -0.1) is 0 Å². The molecular formula is C56H38N2. The molecule has 0 radical (unpaired) electrons. The lowest BCUT2D eigenvalue weighted by atomic mass is 9.83. The highest BCUT2D eigenvalue weighted by Crippen LogP contribution is 2.48. The molecule has 0 aliphatic heterocycles. The van der Waals surface area contributed by atoms with E-state index in [1.165, 1.54) is 71.2 Å². The third-order valence-electron chi connectivity index (χ3n) is 11.6. The van der Waals surface area contributed by atoms with Gasteiger partial charge in [0.25, 0.3) is 0 Å². The van der Waals surface area contributed by atoms with Crippen LogP contribution in [-0.2, 0) is 0 Å². The minimum Gasteiger partial charge on any atom is -0.310 e. The molecule has 11 rings (SSSR count). The largest absolute Gasteiger partial charge is 0.310 e. The van der Waals surface area contributed by atoms with E-state index in [1.54, 1.807) is 0 Å². The van der Waals surface area contributed by atoms with E-state index in [0.717, 1.165) is 28.3 Å². The molecule has 58 heavy (non-hydrogen) atoms. The van der Waals surface area contributed by atoms with Gasteiger partial charge in [0.2, 0.25) is 0 Å². The number of hydrogen-bond donors (Lipinski definition) is 0. The van der Waals surface area contributed by atoms with Crippen molar-refractivity contribution in [1.82, 2.24) is 4.57 Å². The van der Waals surface area contributed by atoms with Gasteiger partial charge in [-0.1, -0.05) is 170 Å². The number of nitrogens with zero attached hydrogens (tertiary/aromatic N) is 2. The van der Waals surface area contributed by atoms with Gasteiger partial charge in [-0.25, -0.2) is 0 Å². The summed E-state index contributed by atoms with van der Waals surface area (Å²) in [7, 11) is 0. The normalized spacial score (nSPS) is 11.4. The van der Waals surface area contributed by atoms with E-state index in [2.05, 4.69) is 240 Å². The first-order chi connectivity index (χ1) is 28.8. The molecule has 11 aromatic rings. The molecule has 10 aromatic carbocycles. The Morgan fingerprint density at radius 1 is 0.293 bits per heavy atom. The van der Waals surface area contributed by atoms with Crippen LogP contribution in [0.2, 0.25) is 0 Å². The summed E-state index contributed by atoms with van der Waals surface area (Å²) in [6.07, 6.45) is 0. The van der Waals surface area contributed by atoms with Crippen LogP contribution in [0.15, 0.2) is 231 Å². The van der Waals surface area contributed by atoms with Gasteiger partial charge in [-0.05, 0) is 116 Å². The predicted molar refractivity (Wildman–Crippen MR) is 247 cm³/mol. The Balaban J connectivity index is 1.11. The van der Waals surface area contributed by atoms with Gasteiger partial charge in [0, 0.05) is 33.5 Å². The molecule has 0 N–H and O–H groups in total. The highest BCUT2D eigenvalue weighted by molar-refractivity contribution is 6.24. The van der Waals surface area contributed by atoms with E-state index in [4.69, 9.17) is 0 Å². The summed E-state index contributed by atoms with van der Waals surface area (Å²) in [6.45, 7) is 0. The predicted octanol–water partition coefficient (Wildman–Crippen LogP) is 15.6. The molecule has 0 aliphatic rings. The van der Waals surface area contributed by atoms with Crippen molar-refractivity contribution in [2.45, 2.75) is 0 Å². The first-order valence-electron chi connectivity index (χ1n) is 19.9. The van der Waals surface area contributed by atoms with E-state index in [9.17, 15) is 0 Å². The first-order valence-corrected chi connectivity index (χ1v) is 19.9. The van der Waals surface area contributed by atoms with Crippen LogP contribution in [0.1, 0.15) is 0 Å². The zero-order valence-corrected chi connectivity index (χ0v) is 31.8. The Morgan fingerprint density at radius 3 is 1.38 bits per heavy atom. The second-order valence-electron chi connectivity index (χ2n) is 14.9. The molecule has 0 fully saturated rings. The molecule has 0 atom stereocenters.